The maximum absolute atomic E-state index is 13.1. The fourth-order valence-corrected chi connectivity index (χ4v) is 2.76. The van der Waals surface area contributed by atoms with E-state index in [0.29, 0.717) is 11.6 Å². The molecule has 2 N–H and O–H groups in total. The predicted molar refractivity (Wildman–Crippen MR) is 74.2 cm³/mol. The number of anilines is 1. The van der Waals surface area contributed by atoms with Crippen molar-refractivity contribution in [3.63, 3.8) is 0 Å². The smallest absolute Gasteiger partial charge is 0.261 e. The Kier molecular flexibility index (Phi) is 4.24. The highest BCUT2D eigenvalue weighted by Gasteiger charge is 2.16. The van der Waals surface area contributed by atoms with Crippen molar-refractivity contribution >= 4 is 15.7 Å². The van der Waals surface area contributed by atoms with Crippen LogP contribution >= 0.6 is 0 Å². The fourth-order valence-electron chi connectivity index (χ4n) is 1.69. The van der Waals surface area contributed by atoms with Crippen LogP contribution in [0.2, 0.25) is 0 Å². The molecule has 4 nitrogen and oxygen atoms in total. The van der Waals surface area contributed by atoms with Crippen LogP contribution in [0.5, 0.6) is 0 Å². The Morgan fingerprint density at radius 1 is 1.05 bits per heavy atom. The van der Waals surface area contributed by atoms with Gasteiger partial charge in [0.25, 0.3) is 10.0 Å². The molecule has 0 aliphatic carbocycles. The summed E-state index contributed by atoms with van der Waals surface area (Å²) < 4.78 is 52.2. The van der Waals surface area contributed by atoms with Crippen molar-refractivity contribution in [3.8, 4) is 0 Å². The van der Waals surface area contributed by atoms with Crippen LogP contribution in [0.25, 0.3) is 0 Å². The first-order valence-electron chi connectivity index (χ1n) is 6.05. The summed E-state index contributed by atoms with van der Waals surface area (Å²) in [5.41, 5.74) is 0.884. The van der Waals surface area contributed by atoms with Crippen LogP contribution in [0.1, 0.15) is 18.6 Å². The molecule has 0 bridgehead atoms. The Balaban J connectivity index is 2.26. The molecule has 0 radical (unpaired) electrons. The van der Waals surface area contributed by atoms with Crippen molar-refractivity contribution in [3.05, 3.63) is 59.7 Å². The number of aliphatic hydroxyl groups is 1. The fraction of sp³-hybridized carbons (Fsp3) is 0.143. The summed E-state index contributed by atoms with van der Waals surface area (Å²) in [6, 6.07) is 8.41. The third-order valence-electron chi connectivity index (χ3n) is 2.85. The summed E-state index contributed by atoms with van der Waals surface area (Å²) in [6.07, 6.45) is -0.665. The van der Waals surface area contributed by atoms with Crippen molar-refractivity contribution < 1.29 is 22.3 Å². The van der Waals surface area contributed by atoms with Gasteiger partial charge in [-0.3, -0.25) is 4.72 Å². The second-order valence-corrected chi connectivity index (χ2v) is 6.16. The van der Waals surface area contributed by atoms with Gasteiger partial charge in [0.2, 0.25) is 0 Å². The van der Waals surface area contributed by atoms with Crippen LogP contribution in [0, 0.1) is 11.6 Å². The van der Waals surface area contributed by atoms with E-state index in [-0.39, 0.29) is 10.6 Å². The topological polar surface area (TPSA) is 66.4 Å². The summed E-state index contributed by atoms with van der Waals surface area (Å²) in [6.45, 7) is 1.58. The molecule has 2 rings (SSSR count). The molecule has 0 amide bonds. The number of rotatable bonds is 4. The first kappa shape index (κ1) is 15.4. The van der Waals surface area contributed by atoms with Crippen LogP contribution in [-0.4, -0.2) is 13.5 Å². The molecule has 1 unspecified atom stereocenters. The number of aliphatic hydroxyl groups excluding tert-OH is 1. The lowest BCUT2D eigenvalue weighted by molar-refractivity contribution is 0.199. The molecule has 0 heterocycles. The third-order valence-corrected chi connectivity index (χ3v) is 4.23. The average molecular weight is 313 g/mol. The SMILES string of the molecule is CC(O)c1ccc(NS(=O)(=O)c2ccc(F)c(F)c2)cc1. The lowest BCUT2D eigenvalue weighted by atomic mass is 10.1. The Morgan fingerprint density at radius 2 is 1.67 bits per heavy atom. The van der Waals surface area contributed by atoms with E-state index in [0.717, 1.165) is 12.1 Å². The van der Waals surface area contributed by atoms with E-state index in [2.05, 4.69) is 4.72 Å². The maximum Gasteiger partial charge on any atom is 0.261 e. The van der Waals surface area contributed by atoms with Gasteiger partial charge in [-0.15, -0.1) is 0 Å². The summed E-state index contributed by atoms with van der Waals surface area (Å²) in [4.78, 5) is -0.374. The molecule has 112 valence electrons. The number of halogens is 2. The van der Waals surface area contributed by atoms with Gasteiger partial charge in [-0.25, -0.2) is 17.2 Å². The number of sulfonamides is 1. The molecule has 0 spiro atoms. The zero-order valence-corrected chi connectivity index (χ0v) is 11.9. The molecule has 2 aromatic carbocycles. The van der Waals surface area contributed by atoms with Gasteiger partial charge in [0.05, 0.1) is 11.0 Å². The molecule has 0 fully saturated rings. The minimum absolute atomic E-state index is 0.254. The lowest BCUT2D eigenvalue weighted by Crippen LogP contribution is -2.13. The highest BCUT2D eigenvalue weighted by molar-refractivity contribution is 7.92. The largest absolute Gasteiger partial charge is 0.389 e. The first-order chi connectivity index (χ1) is 9.79. The standard InChI is InChI=1S/C14H13F2NO3S/c1-9(18)10-2-4-11(5-3-10)17-21(19,20)12-6-7-13(15)14(16)8-12/h2-9,17-18H,1H3. The quantitative estimate of drug-likeness (QED) is 0.912. The summed E-state index contributed by atoms with van der Waals surface area (Å²) in [5.74, 6) is -2.35. The van der Waals surface area contributed by atoms with Crippen molar-refractivity contribution in [1.82, 2.24) is 0 Å². The number of hydrogen-bond donors (Lipinski definition) is 2. The normalized spacial score (nSPS) is 13.0. The second-order valence-electron chi connectivity index (χ2n) is 4.48. The van der Waals surface area contributed by atoms with Gasteiger partial charge in [-0.1, -0.05) is 12.1 Å². The van der Waals surface area contributed by atoms with E-state index in [1.165, 1.54) is 12.1 Å². The molecule has 0 aliphatic heterocycles. The van der Waals surface area contributed by atoms with Crippen LogP contribution in [0.3, 0.4) is 0 Å². The molecular weight excluding hydrogens is 300 g/mol. The minimum atomic E-state index is -4.00. The molecule has 0 saturated heterocycles. The van der Waals surface area contributed by atoms with E-state index in [1.54, 1.807) is 19.1 Å². The molecule has 21 heavy (non-hydrogen) atoms. The Hall–Kier alpha value is -1.99. The number of nitrogens with one attached hydrogen (secondary N) is 1. The van der Waals surface area contributed by atoms with E-state index < -0.39 is 27.8 Å². The highest BCUT2D eigenvalue weighted by Crippen LogP contribution is 2.20. The molecular formula is C14H13F2NO3S. The van der Waals surface area contributed by atoms with Gasteiger partial charge in [-0.05, 0) is 42.8 Å². The van der Waals surface area contributed by atoms with Crippen molar-refractivity contribution in [1.29, 1.82) is 0 Å². The highest BCUT2D eigenvalue weighted by atomic mass is 32.2. The molecule has 7 heteroatoms. The van der Waals surface area contributed by atoms with Gasteiger partial charge >= 0.3 is 0 Å². The van der Waals surface area contributed by atoms with Crippen LogP contribution in [0.15, 0.2) is 47.4 Å². The van der Waals surface area contributed by atoms with Crippen LogP contribution in [0.4, 0.5) is 14.5 Å². The van der Waals surface area contributed by atoms with Crippen molar-refractivity contribution in [2.45, 2.75) is 17.9 Å². The molecule has 1 atom stereocenters. The Morgan fingerprint density at radius 3 is 2.19 bits per heavy atom. The average Bonchev–Trinajstić information content (AvgIpc) is 2.42. The van der Waals surface area contributed by atoms with Gasteiger partial charge < -0.3 is 5.11 Å². The Labute approximate surface area is 121 Å². The first-order valence-corrected chi connectivity index (χ1v) is 7.54. The zero-order chi connectivity index (χ0) is 15.6. The number of benzene rings is 2. The van der Waals surface area contributed by atoms with Crippen LogP contribution < -0.4 is 4.72 Å². The molecule has 0 saturated carbocycles. The van der Waals surface area contributed by atoms with E-state index >= 15 is 0 Å². The van der Waals surface area contributed by atoms with E-state index in [1.807, 2.05) is 0 Å². The molecule has 0 aliphatic rings. The van der Waals surface area contributed by atoms with Crippen molar-refractivity contribution in [2.75, 3.05) is 4.72 Å². The summed E-state index contributed by atoms with van der Waals surface area (Å²) in [7, 11) is -4.00. The maximum atomic E-state index is 13.1. The minimum Gasteiger partial charge on any atom is -0.389 e. The zero-order valence-electron chi connectivity index (χ0n) is 11.0. The summed E-state index contributed by atoms with van der Waals surface area (Å²) in [5, 5.41) is 9.37. The number of hydrogen-bond acceptors (Lipinski definition) is 3. The third kappa shape index (κ3) is 3.56. The van der Waals surface area contributed by atoms with Gasteiger partial charge in [0.1, 0.15) is 0 Å². The van der Waals surface area contributed by atoms with E-state index in [4.69, 9.17) is 0 Å². The summed E-state index contributed by atoms with van der Waals surface area (Å²) >= 11 is 0. The Bertz CT molecular complexity index is 743. The lowest BCUT2D eigenvalue weighted by Gasteiger charge is -2.10. The van der Waals surface area contributed by atoms with Gasteiger partial charge in [-0.2, -0.15) is 0 Å². The van der Waals surface area contributed by atoms with Crippen molar-refractivity contribution in [2.24, 2.45) is 0 Å². The van der Waals surface area contributed by atoms with Gasteiger partial charge in [0, 0.05) is 5.69 Å². The van der Waals surface area contributed by atoms with Gasteiger partial charge in [0.15, 0.2) is 11.6 Å². The van der Waals surface area contributed by atoms with E-state index in [9.17, 15) is 22.3 Å². The molecule has 0 aromatic heterocycles. The predicted octanol–water partition coefficient (Wildman–Crippen LogP) is 2.82. The monoisotopic (exact) mass is 313 g/mol. The second kappa shape index (κ2) is 5.79. The van der Waals surface area contributed by atoms with Crippen LogP contribution in [-0.2, 0) is 10.0 Å². The molecule has 2 aromatic rings.